The number of nitrogens with one attached hydrogen (secondary N) is 1. The lowest BCUT2D eigenvalue weighted by molar-refractivity contribution is -0.130. The first kappa shape index (κ1) is 14.6. The quantitative estimate of drug-likeness (QED) is 0.899. The third-order valence-electron chi connectivity index (χ3n) is 4.87. The van der Waals surface area contributed by atoms with Crippen molar-refractivity contribution in [1.82, 2.24) is 10.2 Å². The lowest BCUT2D eigenvalue weighted by Gasteiger charge is -2.27. The molecule has 1 amide bonds. The zero-order valence-electron chi connectivity index (χ0n) is 12.9. The number of carbonyl (C=O) groups excluding carboxylic acids is 1. The van der Waals surface area contributed by atoms with Crippen molar-refractivity contribution in [1.29, 1.82) is 0 Å². The largest absolute Gasteiger partial charge is 0.321 e. The van der Waals surface area contributed by atoms with E-state index < -0.39 is 0 Å². The lowest BCUT2D eigenvalue weighted by atomic mass is 10.1. The first-order valence-corrected chi connectivity index (χ1v) is 8.41. The average molecular weight is 286 g/mol. The molecule has 1 saturated carbocycles. The summed E-state index contributed by atoms with van der Waals surface area (Å²) in [4.78, 5) is 14.8. The highest BCUT2D eigenvalue weighted by Gasteiger charge is 2.39. The third kappa shape index (κ3) is 3.13. The van der Waals surface area contributed by atoms with Gasteiger partial charge in [-0.25, -0.2) is 0 Å². The Morgan fingerprint density at radius 2 is 1.90 bits per heavy atom. The van der Waals surface area contributed by atoms with Crippen LogP contribution >= 0.6 is 0 Å². The van der Waals surface area contributed by atoms with Gasteiger partial charge in [-0.05, 0) is 30.7 Å². The van der Waals surface area contributed by atoms with E-state index in [4.69, 9.17) is 0 Å². The van der Waals surface area contributed by atoms with E-state index in [2.05, 4.69) is 41.4 Å². The number of carbonyl (C=O) groups is 1. The van der Waals surface area contributed by atoms with E-state index in [0.717, 1.165) is 19.4 Å². The number of amides is 1. The Morgan fingerprint density at radius 1 is 1.19 bits per heavy atom. The van der Waals surface area contributed by atoms with Crippen molar-refractivity contribution >= 4 is 5.91 Å². The van der Waals surface area contributed by atoms with Gasteiger partial charge in [-0.3, -0.25) is 10.1 Å². The summed E-state index contributed by atoms with van der Waals surface area (Å²) in [5, 5.41) is 3.56. The Kier molecular flexibility index (Phi) is 4.59. The zero-order chi connectivity index (χ0) is 14.7. The van der Waals surface area contributed by atoms with Crippen LogP contribution in [0.25, 0.3) is 0 Å². The molecule has 1 heterocycles. The molecular weight excluding hydrogens is 260 g/mol. The van der Waals surface area contributed by atoms with Gasteiger partial charge in [0.1, 0.15) is 6.17 Å². The van der Waals surface area contributed by atoms with Crippen LogP contribution in [0.2, 0.25) is 0 Å². The normalized spacial score (nSPS) is 26.7. The second-order valence-corrected chi connectivity index (χ2v) is 6.46. The number of rotatable bonds is 5. The maximum absolute atomic E-state index is 12.7. The van der Waals surface area contributed by atoms with Gasteiger partial charge >= 0.3 is 0 Å². The number of hydrogen-bond donors (Lipinski definition) is 1. The topological polar surface area (TPSA) is 32.3 Å². The monoisotopic (exact) mass is 286 g/mol. The molecule has 2 aliphatic rings. The summed E-state index contributed by atoms with van der Waals surface area (Å²) < 4.78 is 0. The highest BCUT2D eigenvalue weighted by molar-refractivity contribution is 5.84. The van der Waals surface area contributed by atoms with Gasteiger partial charge in [-0.2, -0.15) is 0 Å². The molecule has 2 unspecified atom stereocenters. The van der Waals surface area contributed by atoms with E-state index in [9.17, 15) is 4.79 Å². The van der Waals surface area contributed by atoms with Gasteiger partial charge in [0, 0.05) is 6.54 Å². The predicted octanol–water partition coefficient (Wildman–Crippen LogP) is 3.48. The number of hydrogen-bond acceptors (Lipinski definition) is 2. The molecule has 1 aliphatic heterocycles. The molecule has 1 aromatic rings. The van der Waals surface area contributed by atoms with Crippen LogP contribution in [0.4, 0.5) is 0 Å². The van der Waals surface area contributed by atoms with E-state index in [1.54, 1.807) is 0 Å². The Balaban J connectivity index is 1.79. The molecule has 1 saturated heterocycles. The van der Waals surface area contributed by atoms with Gasteiger partial charge in [-0.15, -0.1) is 0 Å². The van der Waals surface area contributed by atoms with Crippen molar-refractivity contribution in [3.63, 3.8) is 0 Å². The fourth-order valence-electron chi connectivity index (χ4n) is 3.75. The smallest absolute Gasteiger partial charge is 0.241 e. The number of benzene rings is 1. The molecular formula is C18H26N2O. The Hall–Kier alpha value is -1.35. The van der Waals surface area contributed by atoms with Crippen molar-refractivity contribution in [2.24, 2.45) is 5.92 Å². The molecule has 1 aromatic carbocycles. The predicted molar refractivity (Wildman–Crippen MR) is 84.7 cm³/mol. The van der Waals surface area contributed by atoms with Gasteiger partial charge in [0.25, 0.3) is 0 Å². The fourth-order valence-corrected chi connectivity index (χ4v) is 3.75. The van der Waals surface area contributed by atoms with Gasteiger partial charge in [0.05, 0.1) is 6.04 Å². The van der Waals surface area contributed by atoms with Crippen molar-refractivity contribution in [3.05, 3.63) is 35.9 Å². The van der Waals surface area contributed by atoms with Crippen LogP contribution in [0.1, 0.15) is 57.2 Å². The molecule has 1 aliphatic carbocycles. The van der Waals surface area contributed by atoms with Crippen molar-refractivity contribution in [2.75, 3.05) is 6.54 Å². The standard InChI is InChI=1S/C18H26N2O/c1-2-8-16-18(21)20(13-14-9-6-7-10-14)17(19-16)15-11-4-3-5-12-15/h3-5,11-12,14,16-17,19H,2,6-10,13H2,1H3. The van der Waals surface area contributed by atoms with E-state index in [1.165, 1.54) is 31.2 Å². The molecule has 3 heteroatoms. The first-order chi connectivity index (χ1) is 10.3. The summed E-state index contributed by atoms with van der Waals surface area (Å²) in [5.41, 5.74) is 1.21. The van der Waals surface area contributed by atoms with E-state index in [1.807, 2.05) is 6.07 Å². The second kappa shape index (κ2) is 6.61. The molecule has 3 rings (SSSR count). The summed E-state index contributed by atoms with van der Waals surface area (Å²) in [6.07, 6.45) is 7.26. The third-order valence-corrected chi connectivity index (χ3v) is 4.87. The van der Waals surface area contributed by atoms with E-state index >= 15 is 0 Å². The lowest BCUT2D eigenvalue weighted by Crippen LogP contribution is -2.34. The molecule has 114 valence electrons. The van der Waals surface area contributed by atoms with Crippen LogP contribution in [-0.2, 0) is 4.79 Å². The van der Waals surface area contributed by atoms with Gasteiger partial charge in [0.2, 0.25) is 5.91 Å². The fraction of sp³-hybridized carbons (Fsp3) is 0.611. The highest BCUT2D eigenvalue weighted by atomic mass is 16.2. The van der Waals surface area contributed by atoms with E-state index in [0.29, 0.717) is 11.8 Å². The van der Waals surface area contributed by atoms with Crippen LogP contribution in [0, 0.1) is 5.92 Å². The van der Waals surface area contributed by atoms with Gasteiger partial charge < -0.3 is 4.90 Å². The van der Waals surface area contributed by atoms with Crippen LogP contribution in [0.3, 0.4) is 0 Å². The zero-order valence-corrected chi connectivity index (χ0v) is 12.9. The van der Waals surface area contributed by atoms with Gasteiger partial charge in [-0.1, -0.05) is 56.5 Å². The van der Waals surface area contributed by atoms with Crippen molar-refractivity contribution < 1.29 is 4.79 Å². The summed E-state index contributed by atoms with van der Waals surface area (Å²) in [6, 6.07) is 10.4. The highest BCUT2D eigenvalue weighted by Crippen LogP contribution is 2.32. The average Bonchev–Trinajstić information content (AvgIpc) is 3.12. The molecule has 2 atom stereocenters. The Labute approximate surface area is 127 Å². The number of nitrogens with zero attached hydrogens (tertiary/aromatic N) is 1. The molecule has 0 spiro atoms. The van der Waals surface area contributed by atoms with Crippen molar-refractivity contribution in [2.45, 2.75) is 57.7 Å². The van der Waals surface area contributed by atoms with Crippen LogP contribution in [0.15, 0.2) is 30.3 Å². The minimum Gasteiger partial charge on any atom is -0.321 e. The van der Waals surface area contributed by atoms with E-state index in [-0.39, 0.29) is 12.2 Å². The molecule has 3 nitrogen and oxygen atoms in total. The molecule has 0 radical (unpaired) electrons. The first-order valence-electron chi connectivity index (χ1n) is 8.41. The minimum atomic E-state index is 0.00149. The summed E-state index contributed by atoms with van der Waals surface area (Å²) >= 11 is 0. The van der Waals surface area contributed by atoms with Crippen molar-refractivity contribution in [3.8, 4) is 0 Å². The summed E-state index contributed by atoms with van der Waals surface area (Å²) in [7, 11) is 0. The molecule has 2 fully saturated rings. The second-order valence-electron chi connectivity index (χ2n) is 6.46. The molecule has 1 N–H and O–H groups in total. The molecule has 0 bridgehead atoms. The SMILES string of the molecule is CCCC1NC(c2ccccc2)N(CC2CCCC2)C1=O. The molecule has 0 aromatic heterocycles. The Morgan fingerprint density at radius 3 is 2.57 bits per heavy atom. The maximum Gasteiger partial charge on any atom is 0.241 e. The van der Waals surface area contributed by atoms with Gasteiger partial charge in [0.15, 0.2) is 0 Å². The maximum atomic E-state index is 12.7. The van der Waals surface area contributed by atoms with Crippen LogP contribution < -0.4 is 5.32 Å². The Bertz CT molecular complexity index is 467. The summed E-state index contributed by atoms with van der Waals surface area (Å²) in [5.74, 6) is 1.000. The molecule has 21 heavy (non-hydrogen) atoms. The summed E-state index contributed by atoms with van der Waals surface area (Å²) in [6.45, 7) is 3.07. The van der Waals surface area contributed by atoms with Crippen LogP contribution in [0.5, 0.6) is 0 Å². The van der Waals surface area contributed by atoms with Crippen LogP contribution in [-0.4, -0.2) is 23.4 Å². The minimum absolute atomic E-state index is 0.00149.